The van der Waals surface area contributed by atoms with Gasteiger partial charge in [-0.1, -0.05) is 53.8 Å². The van der Waals surface area contributed by atoms with Gasteiger partial charge in [0.05, 0.1) is 35.6 Å². The fourth-order valence-corrected chi connectivity index (χ4v) is 4.64. The van der Waals surface area contributed by atoms with Crippen molar-refractivity contribution in [3.63, 3.8) is 0 Å². The summed E-state index contributed by atoms with van der Waals surface area (Å²) in [6, 6.07) is 16.4. The number of benzene rings is 2. The Hall–Kier alpha value is -3.45. The van der Waals surface area contributed by atoms with Crippen LogP contribution in [0.15, 0.2) is 75.7 Å². The molecule has 7 heteroatoms. The average molecular weight is 435 g/mol. The van der Waals surface area contributed by atoms with Gasteiger partial charge < -0.3 is 9.47 Å². The second-order valence-corrected chi connectivity index (χ2v) is 8.00. The van der Waals surface area contributed by atoms with Gasteiger partial charge in [-0.25, -0.2) is 9.79 Å². The Bertz CT molecular complexity index is 1320. The van der Waals surface area contributed by atoms with E-state index in [1.54, 1.807) is 25.5 Å². The number of carbonyl (C=O) groups excluding carboxylic acids is 1. The van der Waals surface area contributed by atoms with Crippen molar-refractivity contribution in [3.05, 3.63) is 96.7 Å². The van der Waals surface area contributed by atoms with Crippen molar-refractivity contribution in [2.24, 2.45) is 4.99 Å². The summed E-state index contributed by atoms with van der Waals surface area (Å²) in [5, 5.41) is 0. The van der Waals surface area contributed by atoms with Crippen LogP contribution in [0.25, 0.3) is 6.08 Å². The second kappa shape index (κ2) is 8.73. The zero-order chi connectivity index (χ0) is 22.0. The Morgan fingerprint density at radius 3 is 2.52 bits per heavy atom. The Labute approximate surface area is 183 Å². The number of fused-ring (bicyclic) bond motifs is 1. The van der Waals surface area contributed by atoms with E-state index < -0.39 is 12.0 Å². The maximum Gasteiger partial charge on any atom is 0.338 e. The molecule has 1 aromatic heterocycles. The summed E-state index contributed by atoms with van der Waals surface area (Å²) in [6.07, 6.45) is 1.83. The minimum absolute atomic E-state index is 0.192. The van der Waals surface area contributed by atoms with Gasteiger partial charge in [-0.2, -0.15) is 0 Å². The van der Waals surface area contributed by atoms with E-state index in [0.29, 0.717) is 20.6 Å². The molecule has 0 spiro atoms. The van der Waals surface area contributed by atoms with Gasteiger partial charge in [-0.15, -0.1) is 0 Å². The summed E-state index contributed by atoms with van der Waals surface area (Å²) < 4.78 is 12.6. The lowest BCUT2D eigenvalue weighted by atomic mass is 9.96. The molecule has 3 aromatic rings. The standard InChI is InChI=1S/C24H22N2O4S/c1-4-30-23(28)20-15(2)25-24-26(21(20)17-8-6-5-7-9-17)22(27)19(31-24)14-16-10-12-18(29-3)13-11-16/h5-14,21H,4H2,1-3H3/b19-14+/t21-/m1/s1. The predicted octanol–water partition coefficient (Wildman–Crippen LogP) is 2.81. The summed E-state index contributed by atoms with van der Waals surface area (Å²) in [7, 11) is 1.61. The molecule has 1 aliphatic rings. The molecule has 0 aliphatic carbocycles. The number of hydrogen-bond acceptors (Lipinski definition) is 6. The van der Waals surface area contributed by atoms with Gasteiger partial charge in [0.15, 0.2) is 4.80 Å². The molecule has 0 saturated heterocycles. The summed E-state index contributed by atoms with van der Waals surface area (Å²) >= 11 is 1.31. The molecule has 0 unspecified atom stereocenters. The van der Waals surface area contributed by atoms with Gasteiger partial charge >= 0.3 is 5.97 Å². The van der Waals surface area contributed by atoms with Crippen LogP contribution in [0.4, 0.5) is 0 Å². The predicted molar refractivity (Wildman–Crippen MR) is 120 cm³/mol. The number of methoxy groups -OCH3 is 1. The zero-order valence-corrected chi connectivity index (χ0v) is 18.3. The highest BCUT2D eigenvalue weighted by Crippen LogP contribution is 2.30. The van der Waals surface area contributed by atoms with Crippen LogP contribution in [0, 0.1) is 0 Å². The molecule has 2 heterocycles. The normalized spacial score (nSPS) is 16.0. The number of allylic oxidation sites excluding steroid dienone is 1. The first-order valence-electron chi connectivity index (χ1n) is 9.92. The van der Waals surface area contributed by atoms with Crippen LogP contribution in [-0.4, -0.2) is 24.3 Å². The van der Waals surface area contributed by atoms with Gasteiger partial charge in [-0.05, 0) is 43.2 Å². The van der Waals surface area contributed by atoms with E-state index in [9.17, 15) is 9.59 Å². The lowest BCUT2D eigenvalue weighted by Crippen LogP contribution is -2.39. The lowest BCUT2D eigenvalue weighted by Gasteiger charge is -2.24. The second-order valence-electron chi connectivity index (χ2n) is 6.99. The molecule has 6 nitrogen and oxygen atoms in total. The first kappa shape index (κ1) is 20.8. The highest BCUT2D eigenvalue weighted by Gasteiger charge is 2.33. The molecule has 0 N–H and O–H groups in total. The molecule has 2 aromatic carbocycles. The Morgan fingerprint density at radius 2 is 1.87 bits per heavy atom. The van der Waals surface area contributed by atoms with Crippen LogP contribution in [0.2, 0.25) is 0 Å². The zero-order valence-electron chi connectivity index (χ0n) is 17.5. The summed E-state index contributed by atoms with van der Waals surface area (Å²) in [5.74, 6) is 0.291. The summed E-state index contributed by atoms with van der Waals surface area (Å²) in [5.41, 5.74) is 2.46. The van der Waals surface area contributed by atoms with Gasteiger partial charge in [0.2, 0.25) is 0 Å². The minimum atomic E-state index is -0.588. The van der Waals surface area contributed by atoms with E-state index in [1.807, 2.05) is 60.7 Å². The maximum atomic E-state index is 13.4. The number of rotatable bonds is 5. The van der Waals surface area contributed by atoms with E-state index in [0.717, 1.165) is 16.9 Å². The lowest BCUT2D eigenvalue weighted by molar-refractivity contribution is -0.139. The fraction of sp³-hybridized carbons (Fsp3) is 0.208. The van der Waals surface area contributed by atoms with Crippen molar-refractivity contribution < 1.29 is 14.3 Å². The molecule has 0 bridgehead atoms. The van der Waals surface area contributed by atoms with Crippen LogP contribution in [0.1, 0.15) is 31.0 Å². The molecule has 0 saturated carbocycles. The molecular weight excluding hydrogens is 412 g/mol. The summed E-state index contributed by atoms with van der Waals surface area (Å²) in [4.78, 5) is 31.4. The Balaban J connectivity index is 1.91. The van der Waals surface area contributed by atoms with Gasteiger partial charge in [0.25, 0.3) is 5.56 Å². The minimum Gasteiger partial charge on any atom is -0.497 e. The molecule has 158 valence electrons. The maximum absolute atomic E-state index is 13.4. The summed E-state index contributed by atoms with van der Waals surface area (Å²) in [6.45, 7) is 3.79. The van der Waals surface area contributed by atoms with Crippen molar-refractivity contribution in [2.75, 3.05) is 13.7 Å². The van der Waals surface area contributed by atoms with Crippen LogP contribution >= 0.6 is 11.3 Å². The molecule has 0 amide bonds. The number of ether oxygens (including phenoxy) is 2. The number of carbonyl (C=O) groups is 1. The number of esters is 1. The van der Waals surface area contributed by atoms with Gasteiger partial charge in [0.1, 0.15) is 5.75 Å². The first-order valence-corrected chi connectivity index (χ1v) is 10.7. The van der Waals surface area contributed by atoms with Crippen LogP contribution in [-0.2, 0) is 9.53 Å². The van der Waals surface area contributed by atoms with Crippen molar-refractivity contribution >= 4 is 23.4 Å². The van der Waals surface area contributed by atoms with Crippen molar-refractivity contribution in [1.29, 1.82) is 0 Å². The highest BCUT2D eigenvalue weighted by atomic mass is 32.1. The number of thiazole rings is 1. The Morgan fingerprint density at radius 1 is 1.16 bits per heavy atom. The van der Waals surface area contributed by atoms with Crippen molar-refractivity contribution in [3.8, 4) is 5.75 Å². The van der Waals surface area contributed by atoms with E-state index in [-0.39, 0.29) is 12.2 Å². The van der Waals surface area contributed by atoms with E-state index in [1.165, 1.54) is 11.3 Å². The van der Waals surface area contributed by atoms with Gasteiger partial charge in [0, 0.05) is 0 Å². The third kappa shape index (κ3) is 3.96. The van der Waals surface area contributed by atoms with Crippen LogP contribution < -0.4 is 19.6 Å². The molecule has 4 rings (SSSR count). The first-order chi connectivity index (χ1) is 15.0. The fourth-order valence-electron chi connectivity index (χ4n) is 3.59. The smallest absolute Gasteiger partial charge is 0.338 e. The van der Waals surface area contributed by atoms with E-state index >= 15 is 0 Å². The third-order valence-electron chi connectivity index (χ3n) is 5.05. The molecule has 1 aliphatic heterocycles. The van der Waals surface area contributed by atoms with Crippen LogP contribution in [0.5, 0.6) is 5.75 Å². The molecule has 0 radical (unpaired) electrons. The van der Waals surface area contributed by atoms with Crippen molar-refractivity contribution in [1.82, 2.24) is 4.57 Å². The number of hydrogen-bond donors (Lipinski definition) is 0. The monoisotopic (exact) mass is 434 g/mol. The average Bonchev–Trinajstić information content (AvgIpc) is 3.08. The molecule has 1 atom stereocenters. The molecule has 31 heavy (non-hydrogen) atoms. The Kier molecular flexibility index (Phi) is 5.86. The van der Waals surface area contributed by atoms with Gasteiger partial charge in [-0.3, -0.25) is 9.36 Å². The van der Waals surface area contributed by atoms with E-state index in [4.69, 9.17) is 9.47 Å². The highest BCUT2D eigenvalue weighted by molar-refractivity contribution is 7.07. The largest absolute Gasteiger partial charge is 0.497 e. The molecule has 0 fully saturated rings. The van der Waals surface area contributed by atoms with Crippen LogP contribution in [0.3, 0.4) is 0 Å². The SMILES string of the molecule is CCOC(=O)C1=C(C)N=c2s/c(=C/c3ccc(OC)cc3)c(=O)n2[C@@H]1c1ccccc1. The number of aromatic nitrogens is 1. The number of nitrogens with zero attached hydrogens (tertiary/aromatic N) is 2. The van der Waals surface area contributed by atoms with Crippen molar-refractivity contribution in [2.45, 2.75) is 19.9 Å². The van der Waals surface area contributed by atoms with E-state index in [2.05, 4.69) is 4.99 Å². The topological polar surface area (TPSA) is 69.9 Å². The quantitative estimate of drug-likeness (QED) is 0.579. The molecular formula is C24H22N2O4S. The third-order valence-corrected chi connectivity index (χ3v) is 6.03.